The highest BCUT2D eigenvalue weighted by Gasteiger charge is 2.19. The van der Waals surface area contributed by atoms with E-state index in [1.807, 2.05) is 0 Å². The van der Waals surface area contributed by atoms with Crippen LogP contribution in [0.25, 0.3) is 0 Å². The van der Waals surface area contributed by atoms with E-state index in [1.165, 1.54) is 238 Å². The zero-order valence-corrected chi connectivity index (χ0v) is 48.5. The van der Waals surface area contributed by atoms with E-state index in [2.05, 4.69) is 57.2 Å². The van der Waals surface area contributed by atoms with Gasteiger partial charge in [0.25, 0.3) is 0 Å². The number of allylic oxidation sites excluding steroid dienone is 6. The molecule has 0 fully saturated rings. The number of carbonyl (C=O) groups is 3. The molecule has 422 valence electrons. The van der Waals surface area contributed by atoms with Gasteiger partial charge < -0.3 is 14.2 Å². The van der Waals surface area contributed by atoms with Crippen LogP contribution in [0.4, 0.5) is 0 Å². The Hall–Kier alpha value is -2.37. The molecule has 0 aromatic carbocycles. The van der Waals surface area contributed by atoms with Crippen molar-refractivity contribution in [3.8, 4) is 0 Å². The monoisotopic (exact) mass is 1010 g/mol. The van der Waals surface area contributed by atoms with Crippen LogP contribution in [0, 0.1) is 0 Å². The number of esters is 3. The van der Waals surface area contributed by atoms with Crippen molar-refractivity contribution >= 4 is 17.9 Å². The summed E-state index contributed by atoms with van der Waals surface area (Å²) in [5, 5.41) is 0. The lowest BCUT2D eigenvalue weighted by Crippen LogP contribution is -2.30. The summed E-state index contributed by atoms with van der Waals surface area (Å²) in [6, 6.07) is 0. The molecule has 0 saturated heterocycles. The third kappa shape index (κ3) is 58.5. The van der Waals surface area contributed by atoms with Crippen LogP contribution < -0.4 is 0 Å². The van der Waals surface area contributed by atoms with E-state index in [9.17, 15) is 14.4 Å². The highest BCUT2D eigenvalue weighted by molar-refractivity contribution is 5.71. The lowest BCUT2D eigenvalue weighted by molar-refractivity contribution is -0.167. The van der Waals surface area contributed by atoms with E-state index in [1.54, 1.807) is 0 Å². The van der Waals surface area contributed by atoms with Crippen molar-refractivity contribution in [1.82, 2.24) is 0 Å². The smallest absolute Gasteiger partial charge is 0.306 e. The van der Waals surface area contributed by atoms with E-state index in [-0.39, 0.29) is 31.1 Å². The molecule has 0 aliphatic heterocycles. The van der Waals surface area contributed by atoms with Crippen LogP contribution in [0.1, 0.15) is 348 Å². The van der Waals surface area contributed by atoms with Gasteiger partial charge in [0, 0.05) is 19.3 Å². The van der Waals surface area contributed by atoms with E-state index in [4.69, 9.17) is 14.2 Å². The summed E-state index contributed by atoms with van der Waals surface area (Å²) in [5.41, 5.74) is 0. The second kappa shape index (κ2) is 61.2. The van der Waals surface area contributed by atoms with Crippen LogP contribution >= 0.6 is 0 Å². The predicted octanol–water partition coefficient (Wildman–Crippen LogP) is 21.6. The minimum Gasteiger partial charge on any atom is -0.462 e. The SMILES string of the molecule is CCCC/C=C\CCCCCCCC(=O)OC(COC(=O)CCCCCCCCCC)COC(=O)CCCCCCCCCCCCCCCCCCCCCCCCC/C=C\C/C=C\CCCCCCC. The maximum absolute atomic E-state index is 12.8. The molecule has 0 radical (unpaired) electrons. The number of carbonyl (C=O) groups excluding carboxylic acids is 3. The van der Waals surface area contributed by atoms with Gasteiger partial charge >= 0.3 is 17.9 Å². The molecule has 0 aromatic rings. The Bertz CT molecular complexity index is 1210. The summed E-state index contributed by atoms with van der Waals surface area (Å²) >= 11 is 0. The number of unbranched alkanes of at least 4 members (excludes halogenated alkanes) is 42. The molecule has 0 spiro atoms. The van der Waals surface area contributed by atoms with Crippen LogP contribution in [-0.2, 0) is 28.6 Å². The minimum atomic E-state index is -0.769. The van der Waals surface area contributed by atoms with Gasteiger partial charge in [0.2, 0.25) is 0 Å². The second-order valence-corrected chi connectivity index (χ2v) is 21.7. The number of ether oxygens (including phenoxy) is 3. The van der Waals surface area contributed by atoms with Crippen molar-refractivity contribution in [2.45, 2.75) is 354 Å². The average Bonchev–Trinajstić information content (AvgIpc) is 3.38. The lowest BCUT2D eigenvalue weighted by Gasteiger charge is -2.18. The average molecular weight is 1010 g/mol. The first-order chi connectivity index (χ1) is 35.5. The summed E-state index contributed by atoms with van der Waals surface area (Å²) in [4.78, 5) is 37.9. The molecule has 0 rings (SSSR count). The summed E-state index contributed by atoms with van der Waals surface area (Å²) < 4.78 is 16.8. The Morgan fingerprint density at radius 1 is 0.278 bits per heavy atom. The zero-order valence-electron chi connectivity index (χ0n) is 48.5. The first kappa shape index (κ1) is 69.6. The molecule has 72 heavy (non-hydrogen) atoms. The second-order valence-electron chi connectivity index (χ2n) is 21.7. The maximum atomic E-state index is 12.8. The van der Waals surface area contributed by atoms with Crippen LogP contribution in [0.2, 0.25) is 0 Å². The largest absolute Gasteiger partial charge is 0.462 e. The first-order valence-corrected chi connectivity index (χ1v) is 32.0. The normalized spacial score (nSPS) is 12.2. The Balaban J connectivity index is 3.88. The molecule has 0 amide bonds. The molecule has 0 aliphatic rings. The Labute approximate surface area is 448 Å². The summed E-state index contributed by atoms with van der Waals surface area (Å²) in [7, 11) is 0. The van der Waals surface area contributed by atoms with Crippen molar-refractivity contribution in [3.63, 3.8) is 0 Å². The highest BCUT2D eigenvalue weighted by atomic mass is 16.6. The van der Waals surface area contributed by atoms with E-state index >= 15 is 0 Å². The van der Waals surface area contributed by atoms with Gasteiger partial charge in [0.1, 0.15) is 13.2 Å². The fraction of sp³-hybridized carbons (Fsp3) is 0.864. The van der Waals surface area contributed by atoms with Gasteiger partial charge in [-0.25, -0.2) is 0 Å². The molecule has 1 atom stereocenters. The third-order valence-electron chi connectivity index (χ3n) is 14.4. The van der Waals surface area contributed by atoms with Crippen molar-refractivity contribution in [1.29, 1.82) is 0 Å². The van der Waals surface area contributed by atoms with Crippen LogP contribution in [0.15, 0.2) is 36.5 Å². The summed E-state index contributed by atoms with van der Waals surface area (Å²) in [5.74, 6) is -0.868. The van der Waals surface area contributed by atoms with Crippen molar-refractivity contribution in [2.75, 3.05) is 13.2 Å². The van der Waals surface area contributed by atoms with Gasteiger partial charge in [-0.3, -0.25) is 14.4 Å². The van der Waals surface area contributed by atoms with Crippen molar-refractivity contribution in [3.05, 3.63) is 36.5 Å². The van der Waals surface area contributed by atoms with Crippen LogP contribution in [0.3, 0.4) is 0 Å². The molecule has 0 saturated carbocycles. The van der Waals surface area contributed by atoms with Gasteiger partial charge in [-0.05, 0) is 70.6 Å². The quantitative estimate of drug-likeness (QED) is 0.0261. The Morgan fingerprint density at radius 3 is 0.819 bits per heavy atom. The van der Waals surface area contributed by atoms with E-state index < -0.39 is 6.10 Å². The molecule has 6 nitrogen and oxygen atoms in total. The molecule has 0 heterocycles. The first-order valence-electron chi connectivity index (χ1n) is 32.0. The third-order valence-corrected chi connectivity index (χ3v) is 14.4. The minimum absolute atomic E-state index is 0.0705. The van der Waals surface area contributed by atoms with Gasteiger partial charge in [0.05, 0.1) is 0 Å². The highest BCUT2D eigenvalue weighted by Crippen LogP contribution is 2.18. The Morgan fingerprint density at radius 2 is 0.514 bits per heavy atom. The maximum Gasteiger partial charge on any atom is 0.306 e. The van der Waals surface area contributed by atoms with Crippen LogP contribution in [-0.4, -0.2) is 37.2 Å². The molecule has 0 N–H and O–H groups in total. The van der Waals surface area contributed by atoms with Gasteiger partial charge in [0.15, 0.2) is 6.10 Å². The molecule has 0 aromatic heterocycles. The molecular formula is C66H122O6. The predicted molar refractivity (Wildman–Crippen MR) is 312 cm³/mol. The fourth-order valence-electron chi connectivity index (χ4n) is 9.52. The lowest BCUT2D eigenvalue weighted by atomic mass is 10.0. The molecular weight excluding hydrogens is 889 g/mol. The summed E-state index contributed by atoms with van der Waals surface area (Å²) in [6.07, 6.45) is 74.9. The number of hydrogen-bond acceptors (Lipinski definition) is 6. The molecule has 0 bridgehead atoms. The number of rotatable bonds is 59. The zero-order chi connectivity index (χ0) is 52.2. The van der Waals surface area contributed by atoms with E-state index in [0.717, 1.165) is 70.6 Å². The molecule has 1 unspecified atom stereocenters. The molecule has 0 aliphatic carbocycles. The summed E-state index contributed by atoms with van der Waals surface area (Å²) in [6.45, 7) is 6.59. The fourth-order valence-corrected chi connectivity index (χ4v) is 9.52. The molecule has 6 heteroatoms. The van der Waals surface area contributed by atoms with Gasteiger partial charge in [-0.2, -0.15) is 0 Å². The standard InChI is InChI=1S/C66H122O6/c1-4-7-10-13-16-19-21-22-23-24-25-26-27-28-29-30-31-32-33-34-35-36-37-38-39-40-41-42-43-44-46-47-50-53-56-59-65(68)71-62-63(61-70-64(67)58-55-52-49-18-15-12-9-6-3)72-66(69)60-57-54-51-48-45-20-17-14-11-8-5-2/h14,17,21-22,24-25,63H,4-13,15-16,18-20,23,26-62H2,1-3H3/b17-14-,22-21-,25-24-. The van der Waals surface area contributed by atoms with Crippen LogP contribution in [0.5, 0.6) is 0 Å². The van der Waals surface area contributed by atoms with Gasteiger partial charge in [-0.15, -0.1) is 0 Å². The Kier molecular flexibility index (Phi) is 59.2. The topological polar surface area (TPSA) is 78.9 Å². The van der Waals surface area contributed by atoms with Gasteiger partial charge in [-0.1, -0.05) is 295 Å². The van der Waals surface area contributed by atoms with Crippen molar-refractivity contribution < 1.29 is 28.6 Å². The van der Waals surface area contributed by atoms with E-state index in [0.29, 0.717) is 19.3 Å². The van der Waals surface area contributed by atoms with Crippen molar-refractivity contribution in [2.24, 2.45) is 0 Å². The number of hydrogen-bond donors (Lipinski definition) is 0.